The maximum Gasteiger partial charge on any atom is 0.161 e. The first-order valence-corrected chi connectivity index (χ1v) is 7.64. The van der Waals surface area contributed by atoms with E-state index in [1.165, 1.54) is 0 Å². The molecular weight excluding hydrogens is 292 g/mol. The van der Waals surface area contributed by atoms with Gasteiger partial charge in [0.1, 0.15) is 12.4 Å². The van der Waals surface area contributed by atoms with Gasteiger partial charge in [-0.3, -0.25) is 0 Å². The second kappa shape index (κ2) is 7.15. The fourth-order valence-electron chi connectivity index (χ4n) is 2.65. The third-order valence-electron chi connectivity index (χ3n) is 3.71. The molecule has 0 aliphatic rings. The van der Waals surface area contributed by atoms with E-state index in [0.717, 1.165) is 28.4 Å². The van der Waals surface area contributed by atoms with Crippen LogP contribution in [0.5, 0.6) is 11.5 Å². The van der Waals surface area contributed by atoms with Crippen molar-refractivity contribution in [3.63, 3.8) is 0 Å². The Morgan fingerprint density at radius 2 is 1.78 bits per heavy atom. The molecule has 3 rings (SSSR count). The first-order valence-electron chi connectivity index (χ1n) is 7.64. The highest BCUT2D eigenvalue weighted by molar-refractivity contribution is 5.75. The van der Waals surface area contributed by atoms with Gasteiger partial charge in [-0.25, -0.2) is 4.98 Å². The summed E-state index contributed by atoms with van der Waals surface area (Å²) < 4.78 is 13.2. The van der Waals surface area contributed by atoms with Gasteiger partial charge >= 0.3 is 0 Å². The van der Waals surface area contributed by atoms with E-state index in [1.54, 1.807) is 7.11 Å². The molecule has 0 aliphatic carbocycles. The smallest absolute Gasteiger partial charge is 0.161 e. The van der Waals surface area contributed by atoms with Crippen molar-refractivity contribution >= 4 is 11.0 Å². The van der Waals surface area contributed by atoms with E-state index in [1.807, 2.05) is 48.5 Å². The molecular formula is C18H20N2O3. The molecule has 0 atom stereocenters. The van der Waals surface area contributed by atoms with Crippen LogP contribution in [0.3, 0.4) is 0 Å². The Morgan fingerprint density at radius 3 is 2.57 bits per heavy atom. The maximum absolute atomic E-state index is 9.24. The molecule has 0 bridgehead atoms. The lowest BCUT2D eigenvalue weighted by Gasteiger charge is -2.12. The minimum atomic E-state index is 0.0800. The summed E-state index contributed by atoms with van der Waals surface area (Å²) in [6.07, 6.45) is 0.531. The number of hydrogen-bond donors (Lipinski definition) is 1. The fraction of sp³-hybridized carbons (Fsp3) is 0.278. The third kappa shape index (κ3) is 3.29. The molecule has 5 nitrogen and oxygen atoms in total. The molecule has 23 heavy (non-hydrogen) atoms. The summed E-state index contributed by atoms with van der Waals surface area (Å²) in [4.78, 5) is 4.58. The second-order valence-corrected chi connectivity index (χ2v) is 5.14. The molecule has 3 aromatic rings. The number of benzene rings is 2. The zero-order valence-electron chi connectivity index (χ0n) is 13.1. The molecule has 1 aromatic heterocycles. The normalized spacial score (nSPS) is 10.9. The van der Waals surface area contributed by atoms with Crippen molar-refractivity contribution in [3.05, 3.63) is 54.4 Å². The van der Waals surface area contributed by atoms with E-state index in [9.17, 15) is 5.11 Å². The van der Waals surface area contributed by atoms with E-state index in [-0.39, 0.29) is 6.61 Å². The van der Waals surface area contributed by atoms with Gasteiger partial charge in [-0.1, -0.05) is 24.3 Å². The van der Waals surface area contributed by atoms with E-state index >= 15 is 0 Å². The Hall–Kier alpha value is -2.53. The topological polar surface area (TPSA) is 56.5 Å². The Bertz CT molecular complexity index is 783. The summed E-state index contributed by atoms with van der Waals surface area (Å²) in [6, 6.07) is 15.6. The Kier molecular flexibility index (Phi) is 4.78. The molecule has 0 fully saturated rings. The van der Waals surface area contributed by atoms with Crippen LogP contribution in [0, 0.1) is 0 Å². The van der Waals surface area contributed by atoms with Crippen molar-refractivity contribution in [1.29, 1.82) is 0 Å². The van der Waals surface area contributed by atoms with Crippen molar-refractivity contribution in [3.8, 4) is 11.5 Å². The first kappa shape index (κ1) is 15.4. The standard InChI is InChI=1S/C18H20N2O3/c1-22-16-8-4-5-9-17(16)23-13-11-20-15-7-3-2-6-14(15)19-18(20)10-12-21/h2-9,21H,10-13H2,1H3. The lowest BCUT2D eigenvalue weighted by molar-refractivity contribution is 0.273. The predicted octanol–water partition coefficient (Wildman–Crippen LogP) is 2.66. The number of aliphatic hydroxyl groups excluding tert-OH is 1. The Labute approximate surface area is 135 Å². The summed E-state index contributed by atoms with van der Waals surface area (Å²) in [5, 5.41) is 9.24. The maximum atomic E-state index is 9.24. The van der Waals surface area contributed by atoms with Gasteiger partial charge < -0.3 is 19.1 Å². The van der Waals surface area contributed by atoms with Crippen LogP contribution < -0.4 is 9.47 Å². The summed E-state index contributed by atoms with van der Waals surface area (Å²) in [5.74, 6) is 2.32. The van der Waals surface area contributed by atoms with Gasteiger partial charge in [0.15, 0.2) is 11.5 Å². The summed E-state index contributed by atoms with van der Waals surface area (Å²) in [7, 11) is 1.63. The van der Waals surface area contributed by atoms with E-state index in [0.29, 0.717) is 19.6 Å². The van der Waals surface area contributed by atoms with Crippen molar-refractivity contribution in [2.75, 3.05) is 20.3 Å². The second-order valence-electron chi connectivity index (χ2n) is 5.14. The Balaban J connectivity index is 1.77. The average Bonchev–Trinajstić information content (AvgIpc) is 2.93. The van der Waals surface area contributed by atoms with Crippen LogP contribution in [0.25, 0.3) is 11.0 Å². The van der Waals surface area contributed by atoms with Gasteiger partial charge in [0.2, 0.25) is 0 Å². The van der Waals surface area contributed by atoms with Crippen molar-refractivity contribution in [2.45, 2.75) is 13.0 Å². The van der Waals surface area contributed by atoms with E-state index < -0.39 is 0 Å². The third-order valence-corrected chi connectivity index (χ3v) is 3.71. The molecule has 5 heteroatoms. The minimum Gasteiger partial charge on any atom is -0.493 e. The fourth-order valence-corrected chi connectivity index (χ4v) is 2.65. The number of hydrogen-bond acceptors (Lipinski definition) is 4. The monoisotopic (exact) mass is 312 g/mol. The number of para-hydroxylation sites is 4. The van der Waals surface area contributed by atoms with E-state index in [2.05, 4.69) is 9.55 Å². The molecule has 1 N–H and O–H groups in total. The van der Waals surface area contributed by atoms with Crippen LogP contribution in [0.15, 0.2) is 48.5 Å². The minimum absolute atomic E-state index is 0.0800. The number of rotatable bonds is 7. The molecule has 2 aromatic carbocycles. The van der Waals surface area contributed by atoms with E-state index in [4.69, 9.17) is 9.47 Å². The predicted molar refractivity (Wildman–Crippen MR) is 89.0 cm³/mol. The molecule has 0 unspecified atom stereocenters. The Morgan fingerprint density at radius 1 is 1.04 bits per heavy atom. The zero-order valence-corrected chi connectivity index (χ0v) is 13.1. The van der Waals surface area contributed by atoms with Crippen LogP contribution in [-0.2, 0) is 13.0 Å². The van der Waals surface area contributed by atoms with Gasteiger partial charge in [0.25, 0.3) is 0 Å². The number of nitrogens with zero attached hydrogens (tertiary/aromatic N) is 2. The van der Waals surface area contributed by atoms with Crippen molar-refractivity contribution in [2.24, 2.45) is 0 Å². The molecule has 0 radical (unpaired) electrons. The average molecular weight is 312 g/mol. The SMILES string of the molecule is COc1ccccc1OCCn1c(CCO)nc2ccccc21. The highest BCUT2D eigenvalue weighted by atomic mass is 16.5. The van der Waals surface area contributed by atoms with Crippen LogP contribution in [0.1, 0.15) is 5.82 Å². The molecule has 120 valence electrons. The van der Waals surface area contributed by atoms with Gasteiger partial charge in [-0.2, -0.15) is 0 Å². The number of ether oxygens (including phenoxy) is 2. The van der Waals surface area contributed by atoms with Crippen LogP contribution in [0.2, 0.25) is 0 Å². The summed E-state index contributed by atoms with van der Waals surface area (Å²) in [5.41, 5.74) is 1.99. The molecule has 0 aliphatic heterocycles. The number of aliphatic hydroxyl groups is 1. The molecule has 0 saturated heterocycles. The molecule has 0 spiro atoms. The van der Waals surface area contributed by atoms with Crippen molar-refractivity contribution < 1.29 is 14.6 Å². The summed E-state index contributed by atoms with van der Waals surface area (Å²) >= 11 is 0. The zero-order chi connectivity index (χ0) is 16.1. The number of imidazole rings is 1. The van der Waals surface area contributed by atoms with Gasteiger partial charge in [-0.15, -0.1) is 0 Å². The quantitative estimate of drug-likeness (QED) is 0.729. The van der Waals surface area contributed by atoms with Crippen molar-refractivity contribution in [1.82, 2.24) is 9.55 Å². The van der Waals surface area contributed by atoms with Gasteiger partial charge in [-0.05, 0) is 24.3 Å². The largest absolute Gasteiger partial charge is 0.493 e. The number of methoxy groups -OCH3 is 1. The molecule has 0 amide bonds. The first-order chi connectivity index (χ1) is 11.3. The van der Waals surface area contributed by atoms with Crippen LogP contribution >= 0.6 is 0 Å². The van der Waals surface area contributed by atoms with Crippen LogP contribution in [0.4, 0.5) is 0 Å². The number of aromatic nitrogens is 2. The van der Waals surface area contributed by atoms with Crippen LogP contribution in [-0.4, -0.2) is 35.0 Å². The highest BCUT2D eigenvalue weighted by Gasteiger charge is 2.10. The highest BCUT2D eigenvalue weighted by Crippen LogP contribution is 2.26. The lowest BCUT2D eigenvalue weighted by Crippen LogP contribution is -2.12. The molecule has 0 saturated carbocycles. The number of fused-ring (bicyclic) bond motifs is 1. The lowest BCUT2D eigenvalue weighted by atomic mass is 10.3. The summed E-state index contributed by atoms with van der Waals surface area (Å²) in [6.45, 7) is 1.24. The molecule has 1 heterocycles. The van der Waals surface area contributed by atoms with Gasteiger partial charge in [0.05, 0.1) is 31.3 Å². The van der Waals surface area contributed by atoms with Gasteiger partial charge in [0, 0.05) is 6.42 Å².